The van der Waals surface area contributed by atoms with Crippen molar-refractivity contribution in [3.63, 3.8) is 0 Å². The number of hydrazine groups is 1. The highest BCUT2D eigenvalue weighted by atomic mass is 16.2. The molecule has 1 fully saturated rings. The number of amidine groups is 1. The molecule has 2 N–H and O–H groups in total. The van der Waals surface area contributed by atoms with E-state index in [0.29, 0.717) is 13.1 Å². The van der Waals surface area contributed by atoms with Gasteiger partial charge in [-0.25, -0.2) is 10.0 Å². The van der Waals surface area contributed by atoms with Crippen LogP contribution in [0.15, 0.2) is 40.7 Å². The third-order valence-corrected chi connectivity index (χ3v) is 5.21. The van der Waals surface area contributed by atoms with E-state index in [2.05, 4.69) is 29.1 Å². The summed E-state index contributed by atoms with van der Waals surface area (Å²) in [5.41, 5.74) is 6.40. The molecule has 0 unspecified atom stereocenters. The highest BCUT2D eigenvalue weighted by Gasteiger charge is 2.24. The first-order valence-corrected chi connectivity index (χ1v) is 10.3. The molecule has 0 aromatic heterocycles. The van der Waals surface area contributed by atoms with Crippen LogP contribution < -0.4 is 10.7 Å². The van der Waals surface area contributed by atoms with E-state index in [9.17, 15) is 4.79 Å². The second kappa shape index (κ2) is 11.0. The number of rotatable bonds is 9. The van der Waals surface area contributed by atoms with Gasteiger partial charge in [-0.05, 0) is 45.4 Å². The van der Waals surface area contributed by atoms with Crippen molar-refractivity contribution < 1.29 is 4.79 Å². The number of hydrogen-bond acceptors (Lipinski definition) is 5. The lowest BCUT2D eigenvalue weighted by Crippen LogP contribution is -2.49. The maximum Gasteiger partial charge on any atom is 0.239 e. The fourth-order valence-corrected chi connectivity index (χ4v) is 3.64. The number of carbonyl (C=O) groups excluding carboxylic acids is 1. The third-order valence-electron chi connectivity index (χ3n) is 5.21. The van der Waals surface area contributed by atoms with Crippen LogP contribution in [0.25, 0.3) is 0 Å². The van der Waals surface area contributed by atoms with Crippen molar-refractivity contribution in [1.29, 1.82) is 0 Å². The van der Waals surface area contributed by atoms with Gasteiger partial charge in [-0.3, -0.25) is 4.79 Å². The van der Waals surface area contributed by atoms with E-state index >= 15 is 0 Å². The van der Waals surface area contributed by atoms with Gasteiger partial charge in [-0.1, -0.05) is 19.6 Å². The maximum absolute atomic E-state index is 12.4. The molecule has 0 radical (unpaired) electrons. The standard InChI is InChI=1S/C21H36N6O/c1-6-17(7-2)23-21-18(8-3)19(15-26(5)24-21)25(4)16-20(28)22-11-14-27-12-9-10-13-27/h6-7H,1,8-16H2,2-5H3,(H,22,28)(H,23,24)/b17-7+. The number of hydrogen-bond donors (Lipinski definition) is 2. The molecular weight excluding hydrogens is 352 g/mol. The van der Waals surface area contributed by atoms with Crippen LogP contribution >= 0.6 is 0 Å². The highest BCUT2D eigenvalue weighted by molar-refractivity contribution is 6.00. The minimum absolute atomic E-state index is 0.0598. The Hall–Kier alpha value is -2.12. The van der Waals surface area contributed by atoms with Gasteiger partial charge in [0, 0.05) is 38.5 Å². The zero-order chi connectivity index (χ0) is 20.5. The molecule has 156 valence electrons. The van der Waals surface area contributed by atoms with Crippen molar-refractivity contribution in [3.8, 4) is 0 Å². The Morgan fingerprint density at radius 1 is 1.39 bits per heavy atom. The number of nitrogens with zero attached hydrogens (tertiary/aromatic N) is 4. The molecule has 0 aliphatic carbocycles. The minimum atomic E-state index is 0.0598. The number of aliphatic imine (C=N–C) groups is 1. The smallest absolute Gasteiger partial charge is 0.239 e. The first kappa shape index (κ1) is 22.2. The lowest BCUT2D eigenvalue weighted by molar-refractivity contribution is -0.121. The summed E-state index contributed by atoms with van der Waals surface area (Å²) in [6.45, 7) is 12.9. The topological polar surface area (TPSA) is 63.2 Å². The molecule has 0 aromatic carbocycles. The second-order valence-corrected chi connectivity index (χ2v) is 7.38. The molecule has 2 heterocycles. The number of carbonyl (C=O) groups is 1. The predicted octanol–water partition coefficient (Wildman–Crippen LogP) is 1.73. The molecule has 1 amide bonds. The van der Waals surface area contributed by atoms with Crippen molar-refractivity contribution in [1.82, 2.24) is 25.6 Å². The van der Waals surface area contributed by atoms with Crippen LogP contribution in [0.5, 0.6) is 0 Å². The number of nitrogens with one attached hydrogen (secondary N) is 2. The lowest BCUT2D eigenvalue weighted by Gasteiger charge is -2.35. The summed E-state index contributed by atoms with van der Waals surface area (Å²) in [5, 5.41) is 5.05. The van der Waals surface area contributed by atoms with Gasteiger partial charge in [0.1, 0.15) is 5.84 Å². The lowest BCUT2D eigenvalue weighted by atomic mass is 10.1. The van der Waals surface area contributed by atoms with Crippen molar-refractivity contribution in [2.45, 2.75) is 33.1 Å². The number of amides is 1. The summed E-state index contributed by atoms with van der Waals surface area (Å²) in [5.74, 6) is 0.880. The van der Waals surface area contributed by atoms with Crippen LogP contribution in [0.2, 0.25) is 0 Å². The van der Waals surface area contributed by atoms with Crippen molar-refractivity contribution in [2.24, 2.45) is 4.99 Å². The average Bonchev–Trinajstić information content (AvgIpc) is 3.19. The van der Waals surface area contributed by atoms with Crippen LogP contribution in [0.3, 0.4) is 0 Å². The number of allylic oxidation sites excluding steroid dienone is 2. The van der Waals surface area contributed by atoms with Crippen LogP contribution in [0.1, 0.15) is 33.1 Å². The van der Waals surface area contributed by atoms with Crippen LogP contribution in [0, 0.1) is 0 Å². The van der Waals surface area contributed by atoms with Crippen molar-refractivity contribution in [2.75, 3.05) is 53.4 Å². The van der Waals surface area contributed by atoms with E-state index < -0.39 is 0 Å². The second-order valence-electron chi connectivity index (χ2n) is 7.38. The quantitative estimate of drug-likeness (QED) is 0.589. The van der Waals surface area contributed by atoms with Crippen LogP contribution in [-0.2, 0) is 4.79 Å². The summed E-state index contributed by atoms with van der Waals surface area (Å²) in [6.07, 6.45) is 7.06. The molecule has 0 aromatic rings. The van der Waals surface area contributed by atoms with Gasteiger partial charge in [0.15, 0.2) is 0 Å². The zero-order valence-electron chi connectivity index (χ0n) is 17.9. The maximum atomic E-state index is 12.4. The SMILES string of the molecule is C=C/C(=C\C)N=C1NN(C)CC(N(C)CC(=O)NCCN2CCCC2)=C1CC. The Balaban J connectivity index is 2.03. The molecule has 0 saturated carbocycles. The Morgan fingerprint density at radius 3 is 2.71 bits per heavy atom. The summed E-state index contributed by atoms with van der Waals surface area (Å²) in [6, 6.07) is 0. The molecule has 7 nitrogen and oxygen atoms in total. The van der Waals surface area contributed by atoms with Gasteiger partial charge in [0.25, 0.3) is 0 Å². The molecule has 7 heteroatoms. The van der Waals surface area contributed by atoms with Crippen molar-refractivity contribution in [3.05, 3.63) is 35.7 Å². The number of likely N-dealkylation sites (N-methyl/N-ethyl adjacent to an activating group) is 2. The first-order chi connectivity index (χ1) is 13.5. The molecule has 2 aliphatic rings. The molecule has 0 spiro atoms. The van der Waals surface area contributed by atoms with E-state index in [0.717, 1.165) is 55.4 Å². The first-order valence-electron chi connectivity index (χ1n) is 10.3. The van der Waals surface area contributed by atoms with Gasteiger partial charge >= 0.3 is 0 Å². The average molecular weight is 389 g/mol. The zero-order valence-corrected chi connectivity index (χ0v) is 17.9. The van der Waals surface area contributed by atoms with E-state index in [1.807, 2.05) is 37.0 Å². The van der Waals surface area contributed by atoms with E-state index in [-0.39, 0.29) is 5.91 Å². The molecule has 0 atom stereocenters. The van der Waals surface area contributed by atoms with Crippen LogP contribution in [0.4, 0.5) is 0 Å². The Labute approximate surface area is 169 Å². The monoisotopic (exact) mass is 388 g/mol. The molecule has 0 bridgehead atoms. The third kappa shape index (κ3) is 6.21. The minimum Gasteiger partial charge on any atom is -0.367 e. The number of likely N-dealkylation sites (tertiary alicyclic amines) is 1. The van der Waals surface area contributed by atoms with Gasteiger partial charge in [0.05, 0.1) is 18.8 Å². The summed E-state index contributed by atoms with van der Waals surface area (Å²) < 4.78 is 0. The van der Waals surface area contributed by atoms with Gasteiger partial charge in [-0.15, -0.1) is 0 Å². The normalized spacial score (nSPS) is 20.4. The largest absolute Gasteiger partial charge is 0.367 e. The Bertz CT molecular complexity index is 645. The van der Waals surface area contributed by atoms with Crippen molar-refractivity contribution >= 4 is 11.7 Å². The summed E-state index contributed by atoms with van der Waals surface area (Å²) in [4.78, 5) is 21.6. The van der Waals surface area contributed by atoms with E-state index in [1.165, 1.54) is 12.8 Å². The van der Waals surface area contributed by atoms with Crippen LogP contribution in [-0.4, -0.2) is 79.9 Å². The Morgan fingerprint density at radius 2 is 2.11 bits per heavy atom. The Kier molecular flexibility index (Phi) is 8.73. The van der Waals surface area contributed by atoms with E-state index in [4.69, 9.17) is 4.99 Å². The van der Waals surface area contributed by atoms with E-state index in [1.54, 1.807) is 6.08 Å². The molecule has 2 rings (SSSR count). The molecular formula is C21H36N6O. The predicted molar refractivity (Wildman–Crippen MR) is 116 cm³/mol. The molecule has 1 saturated heterocycles. The van der Waals surface area contributed by atoms with Gasteiger partial charge in [-0.2, -0.15) is 0 Å². The summed E-state index contributed by atoms with van der Waals surface area (Å²) >= 11 is 0. The summed E-state index contributed by atoms with van der Waals surface area (Å²) in [7, 11) is 3.96. The fourth-order valence-electron chi connectivity index (χ4n) is 3.64. The van der Waals surface area contributed by atoms with Gasteiger partial charge < -0.3 is 20.5 Å². The fraction of sp³-hybridized carbons (Fsp3) is 0.619. The molecule has 28 heavy (non-hydrogen) atoms. The highest BCUT2D eigenvalue weighted by Crippen LogP contribution is 2.19. The molecule has 2 aliphatic heterocycles. The van der Waals surface area contributed by atoms with Gasteiger partial charge in [0.2, 0.25) is 5.91 Å².